The number of hydrogen-bond donors (Lipinski definition) is 3. The number of H-pyrrole nitrogens is 1. The Bertz CT molecular complexity index is 1260. The maximum Gasteiger partial charge on any atom is 0.417 e. The molecule has 0 aliphatic carbocycles. The van der Waals surface area contributed by atoms with Crippen molar-refractivity contribution in [1.29, 1.82) is 0 Å². The minimum Gasteiger partial charge on any atom is -0.396 e. The average molecular weight is 453 g/mol. The van der Waals surface area contributed by atoms with Crippen molar-refractivity contribution >= 4 is 11.6 Å². The van der Waals surface area contributed by atoms with Crippen molar-refractivity contribution < 1.29 is 23.1 Å². The first-order valence-corrected chi connectivity index (χ1v) is 9.92. The SMILES string of the molecule is O=C(Nc1cnc(CCO)nc1-c1ccccc1)c1ccc(C(F)(F)F)c(-c2cc[nH]n2)c1. The molecule has 0 bridgehead atoms. The van der Waals surface area contributed by atoms with Gasteiger partial charge in [-0.25, -0.2) is 9.97 Å². The van der Waals surface area contributed by atoms with Gasteiger partial charge in [-0.15, -0.1) is 0 Å². The molecule has 0 aliphatic rings. The molecule has 33 heavy (non-hydrogen) atoms. The first kappa shape index (κ1) is 22.2. The van der Waals surface area contributed by atoms with E-state index in [0.717, 1.165) is 18.2 Å². The standard InChI is InChI=1S/C23H18F3N5O2/c24-23(25,26)17-7-6-15(12-16(17)18-8-10-28-31-18)22(33)29-19-13-27-20(9-11-32)30-21(19)14-4-2-1-3-5-14/h1-8,10,12-13,32H,9,11H2,(H,28,31)(H,29,33). The highest BCUT2D eigenvalue weighted by Crippen LogP contribution is 2.37. The number of aliphatic hydroxyl groups is 1. The zero-order valence-corrected chi connectivity index (χ0v) is 17.1. The van der Waals surface area contributed by atoms with E-state index in [9.17, 15) is 23.1 Å². The number of anilines is 1. The molecule has 0 spiro atoms. The number of amides is 1. The summed E-state index contributed by atoms with van der Waals surface area (Å²) in [6.07, 6.45) is -1.56. The quantitative estimate of drug-likeness (QED) is 0.403. The lowest BCUT2D eigenvalue weighted by Crippen LogP contribution is -2.16. The maximum atomic E-state index is 13.5. The first-order valence-electron chi connectivity index (χ1n) is 9.92. The van der Waals surface area contributed by atoms with Crippen LogP contribution in [0, 0.1) is 0 Å². The van der Waals surface area contributed by atoms with Crippen molar-refractivity contribution in [2.45, 2.75) is 12.6 Å². The van der Waals surface area contributed by atoms with Gasteiger partial charge in [-0.1, -0.05) is 30.3 Å². The van der Waals surface area contributed by atoms with Gasteiger partial charge >= 0.3 is 6.18 Å². The van der Waals surface area contributed by atoms with E-state index in [0.29, 0.717) is 17.1 Å². The molecular weight excluding hydrogens is 435 g/mol. The number of nitrogens with one attached hydrogen (secondary N) is 2. The fourth-order valence-corrected chi connectivity index (χ4v) is 3.30. The molecule has 10 heteroatoms. The smallest absolute Gasteiger partial charge is 0.396 e. The molecule has 0 fully saturated rings. The Morgan fingerprint density at radius 1 is 1.09 bits per heavy atom. The largest absolute Gasteiger partial charge is 0.417 e. The van der Waals surface area contributed by atoms with Crippen LogP contribution in [0.3, 0.4) is 0 Å². The number of hydrogen-bond acceptors (Lipinski definition) is 5. The molecule has 0 atom stereocenters. The third-order valence-corrected chi connectivity index (χ3v) is 4.83. The number of carbonyl (C=O) groups excluding carboxylic acids is 1. The Hall–Kier alpha value is -4.05. The fourth-order valence-electron chi connectivity index (χ4n) is 3.30. The molecule has 2 aromatic heterocycles. The van der Waals surface area contributed by atoms with Gasteiger partial charge in [0.05, 0.1) is 35.4 Å². The number of rotatable bonds is 6. The van der Waals surface area contributed by atoms with Crippen molar-refractivity contribution in [2.75, 3.05) is 11.9 Å². The molecule has 0 aliphatic heterocycles. The minimum atomic E-state index is -4.61. The Morgan fingerprint density at radius 3 is 2.55 bits per heavy atom. The maximum absolute atomic E-state index is 13.5. The summed E-state index contributed by atoms with van der Waals surface area (Å²) in [5.74, 6) is -0.235. The van der Waals surface area contributed by atoms with Gasteiger partial charge in [-0.3, -0.25) is 9.89 Å². The fraction of sp³-hybridized carbons (Fsp3) is 0.130. The molecule has 3 N–H and O–H groups in total. The molecule has 2 aromatic carbocycles. The number of halogens is 3. The van der Waals surface area contributed by atoms with Crippen molar-refractivity contribution in [3.8, 4) is 22.5 Å². The van der Waals surface area contributed by atoms with Crippen molar-refractivity contribution in [2.24, 2.45) is 0 Å². The molecule has 0 saturated heterocycles. The predicted octanol–water partition coefficient (Wildman–Crippen LogP) is 4.34. The second-order valence-corrected chi connectivity index (χ2v) is 7.06. The summed E-state index contributed by atoms with van der Waals surface area (Å²) in [6, 6.07) is 13.6. The highest BCUT2D eigenvalue weighted by Gasteiger charge is 2.34. The average Bonchev–Trinajstić information content (AvgIpc) is 3.35. The van der Waals surface area contributed by atoms with E-state index in [2.05, 4.69) is 25.5 Å². The number of aliphatic hydroxyl groups excluding tert-OH is 1. The van der Waals surface area contributed by atoms with E-state index < -0.39 is 17.6 Å². The van der Waals surface area contributed by atoms with Crippen LogP contribution >= 0.6 is 0 Å². The van der Waals surface area contributed by atoms with Crippen molar-refractivity contribution in [1.82, 2.24) is 20.2 Å². The van der Waals surface area contributed by atoms with Crippen LogP contribution < -0.4 is 5.32 Å². The van der Waals surface area contributed by atoms with Crippen LogP contribution in [-0.4, -0.2) is 37.8 Å². The second-order valence-electron chi connectivity index (χ2n) is 7.06. The first-order chi connectivity index (χ1) is 15.9. The molecule has 0 radical (unpaired) electrons. The lowest BCUT2D eigenvalue weighted by Gasteiger charge is -2.14. The van der Waals surface area contributed by atoms with Gasteiger partial charge in [0.25, 0.3) is 5.91 Å². The van der Waals surface area contributed by atoms with E-state index in [1.807, 2.05) is 6.07 Å². The zero-order valence-electron chi connectivity index (χ0n) is 17.1. The topological polar surface area (TPSA) is 104 Å². The van der Waals surface area contributed by atoms with Crippen LogP contribution in [-0.2, 0) is 12.6 Å². The van der Waals surface area contributed by atoms with Gasteiger partial charge in [0.2, 0.25) is 0 Å². The van der Waals surface area contributed by atoms with Crippen molar-refractivity contribution in [3.63, 3.8) is 0 Å². The Balaban J connectivity index is 1.71. The lowest BCUT2D eigenvalue weighted by atomic mass is 10.0. The second kappa shape index (κ2) is 9.21. The highest BCUT2D eigenvalue weighted by atomic mass is 19.4. The summed E-state index contributed by atoms with van der Waals surface area (Å²) in [7, 11) is 0. The number of aromatic amines is 1. The molecule has 4 aromatic rings. The van der Waals surface area contributed by atoms with Gasteiger partial charge in [0, 0.05) is 29.3 Å². The molecule has 2 heterocycles. The van der Waals surface area contributed by atoms with Gasteiger partial charge < -0.3 is 10.4 Å². The summed E-state index contributed by atoms with van der Waals surface area (Å²) in [5, 5.41) is 18.2. The van der Waals surface area contributed by atoms with Gasteiger partial charge in [-0.05, 0) is 24.3 Å². The van der Waals surface area contributed by atoms with E-state index in [1.54, 1.807) is 24.3 Å². The van der Waals surface area contributed by atoms with Crippen molar-refractivity contribution in [3.05, 3.63) is 83.9 Å². The summed E-state index contributed by atoms with van der Waals surface area (Å²) in [5.41, 5.74) is 0.398. The van der Waals surface area contributed by atoms with Crippen LogP contribution in [0.2, 0.25) is 0 Å². The molecule has 1 amide bonds. The molecule has 0 unspecified atom stereocenters. The summed E-state index contributed by atoms with van der Waals surface area (Å²) in [6.45, 7) is -0.137. The minimum absolute atomic E-state index is 0.0134. The number of carbonyl (C=O) groups is 1. The van der Waals surface area contributed by atoms with Crippen LogP contribution in [0.1, 0.15) is 21.7 Å². The monoisotopic (exact) mass is 453 g/mol. The van der Waals surface area contributed by atoms with Crippen LogP contribution in [0.15, 0.2) is 67.0 Å². The molecule has 4 rings (SSSR count). The summed E-state index contributed by atoms with van der Waals surface area (Å²) in [4.78, 5) is 21.6. The molecule has 7 nitrogen and oxygen atoms in total. The lowest BCUT2D eigenvalue weighted by molar-refractivity contribution is -0.137. The predicted molar refractivity (Wildman–Crippen MR) is 115 cm³/mol. The van der Waals surface area contributed by atoms with Gasteiger partial charge in [-0.2, -0.15) is 18.3 Å². The van der Waals surface area contributed by atoms with E-state index in [-0.39, 0.29) is 35.5 Å². The Labute approximate surface area is 186 Å². The van der Waals surface area contributed by atoms with Crippen LogP contribution in [0.25, 0.3) is 22.5 Å². The summed E-state index contributed by atoms with van der Waals surface area (Å²) >= 11 is 0. The van der Waals surface area contributed by atoms with Gasteiger partial charge in [0.15, 0.2) is 0 Å². The van der Waals surface area contributed by atoms with Crippen LogP contribution in [0.4, 0.5) is 18.9 Å². The number of nitrogens with zero attached hydrogens (tertiary/aromatic N) is 3. The van der Waals surface area contributed by atoms with Gasteiger partial charge in [0.1, 0.15) is 5.82 Å². The van der Waals surface area contributed by atoms with E-state index in [4.69, 9.17) is 0 Å². The third-order valence-electron chi connectivity index (χ3n) is 4.83. The Kier molecular flexibility index (Phi) is 6.18. The normalized spacial score (nSPS) is 11.4. The Morgan fingerprint density at radius 2 is 1.88 bits per heavy atom. The number of alkyl halides is 3. The highest BCUT2D eigenvalue weighted by molar-refractivity contribution is 6.06. The third kappa shape index (κ3) is 4.90. The van der Waals surface area contributed by atoms with E-state index in [1.165, 1.54) is 18.5 Å². The number of aromatic nitrogens is 4. The molecule has 168 valence electrons. The van der Waals surface area contributed by atoms with E-state index >= 15 is 0 Å². The summed E-state index contributed by atoms with van der Waals surface area (Å²) < 4.78 is 40.5. The van der Waals surface area contributed by atoms with Crippen LogP contribution in [0.5, 0.6) is 0 Å². The molecule has 0 saturated carbocycles. The zero-order chi connectivity index (χ0) is 23.4. The number of benzene rings is 2. The molecular formula is C23H18F3N5O2.